The van der Waals surface area contributed by atoms with E-state index in [0.29, 0.717) is 26.2 Å². The number of carbonyl (C=O) groups is 1. The average Bonchev–Trinajstić information content (AvgIpc) is 2.15. The molecule has 8 heteroatoms. The lowest BCUT2D eigenvalue weighted by atomic mass is 10.2. The van der Waals surface area contributed by atoms with E-state index in [2.05, 4.69) is 0 Å². The highest BCUT2D eigenvalue weighted by Crippen LogP contribution is 2.35. The summed E-state index contributed by atoms with van der Waals surface area (Å²) >= 11 is 0. The van der Waals surface area contributed by atoms with Gasteiger partial charge in [-0.3, -0.25) is 14.3 Å². The Bertz CT molecular complexity index is 296. The van der Waals surface area contributed by atoms with Crippen molar-refractivity contribution in [3.8, 4) is 0 Å². The molecule has 0 aliphatic carbocycles. The van der Waals surface area contributed by atoms with Crippen molar-refractivity contribution in [2.75, 3.05) is 32.5 Å². The predicted molar refractivity (Wildman–Crippen MR) is 58.7 cm³/mol. The average molecular weight is 251 g/mol. The molecule has 0 radical (unpaired) electrons. The number of piperazine rings is 1. The minimum absolute atomic E-state index is 0.115. The SMILES string of the molecule is C[C@H](N)C(=O)N1CCN(CP(=O)(O)O)CC1. The van der Waals surface area contributed by atoms with Crippen LogP contribution in [0.25, 0.3) is 0 Å². The van der Waals surface area contributed by atoms with E-state index in [-0.39, 0.29) is 12.2 Å². The van der Waals surface area contributed by atoms with Gasteiger partial charge in [-0.05, 0) is 6.92 Å². The summed E-state index contributed by atoms with van der Waals surface area (Å²) in [6, 6.07) is -0.520. The molecule has 0 aromatic carbocycles. The van der Waals surface area contributed by atoms with Crippen molar-refractivity contribution in [1.29, 1.82) is 0 Å². The number of carbonyl (C=O) groups excluding carboxylic acids is 1. The molecule has 4 N–H and O–H groups in total. The maximum absolute atomic E-state index is 11.5. The largest absolute Gasteiger partial charge is 0.339 e. The van der Waals surface area contributed by atoms with Crippen LogP contribution < -0.4 is 5.73 Å². The number of rotatable bonds is 3. The van der Waals surface area contributed by atoms with E-state index in [1.165, 1.54) is 0 Å². The molecule has 0 bridgehead atoms. The second kappa shape index (κ2) is 5.25. The van der Waals surface area contributed by atoms with Crippen LogP contribution in [0.1, 0.15) is 6.92 Å². The molecular weight excluding hydrogens is 233 g/mol. The zero-order chi connectivity index (χ0) is 12.3. The standard InChI is InChI=1S/C8H18N3O4P/c1-7(9)8(12)11-4-2-10(3-5-11)6-16(13,14)15/h7H,2-6,9H2,1H3,(H2,13,14,15)/t7-/m0/s1. The lowest BCUT2D eigenvalue weighted by Crippen LogP contribution is -2.52. The van der Waals surface area contributed by atoms with Gasteiger partial charge in [-0.15, -0.1) is 0 Å². The molecular formula is C8H18N3O4P. The molecule has 1 fully saturated rings. The molecule has 1 aliphatic heterocycles. The van der Waals surface area contributed by atoms with Gasteiger partial charge in [0.2, 0.25) is 5.91 Å². The van der Waals surface area contributed by atoms with Crippen molar-refractivity contribution < 1.29 is 19.1 Å². The van der Waals surface area contributed by atoms with Gasteiger partial charge >= 0.3 is 7.60 Å². The summed E-state index contributed by atoms with van der Waals surface area (Å²) in [5.74, 6) is -0.115. The minimum atomic E-state index is -4.00. The van der Waals surface area contributed by atoms with Gasteiger partial charge in [0, 0.05) is 26.2 Å². The van der Waals surface area contributed by atoms with E-state index >= 15 is 0 Å². The van der Waals surface area contributed by atoms with E-state index in [4.69, 9.17) is 15.5 Å². The molecule has 0 aromatic rings. The molecule has 1 rings (SSSR count). The second-order valence-corrected chi connectivity index (χ2v) is 5.65. The van der Waals surface area contributed by atoms with Crippen LogP contribution >= 0.6 is 7.60 Å². The van der Waals surface area contributed by atoms with E-state index in [1.807, 2.05) is 0 Å². The number of nitrogens with zero attached hydrogens (tertiary/aromatic N) is 2. The fourth-order valence-electron chi connectivity index (χ4n) is 1.66. The van der Waals surface area contributed by atoms with Crippen molar-refractivity contribution in [3.63, 3.8) is 0 Å². The Labute approximate surface area is 94.4 Å². The van der Waals surface area contributed by atoms with E-state index in [1.54, 1.807) is 16.7 Å². The Morgan fingerprint density at radius 1 is 1.38 bits per heavy atom. The third-order valence-corrected chi connectivity index (χ3v) is 3.23. The van der Waals surface area contributed by atoms with Gasteiger partial charge in [-0.2, -0.15) is 0 Å². The molecule has 1 aliphatic rings. The summed E-state index contributed by atoms with van der Waals surface area (Å²) in [6.45, 7) is 3.53. The fourth-order valence-corrected chi connectivity index (χ4v) is 2.46. The smallest absolute Gasteiger partial charge is 0.339 e. The molecule has 0 aromatic heterocycles. The summed E-state index contributed by atoms with van der Waals surface area (Å²) < 4.78 is 10.8. The fraction of sp³-hybridized carbons (Fsp3) is 0.875. The maximum Gasteiger partial charge on any atom is 0.339 e. The monoisotopic (exact) mass is 251 g/mol. The third kappa shape index (κ3) is 4.19. The van der Waals surface area contributed by atoms with Gasteiger partial charge < -0.3 is 20.4 Å². The van der Waals surface area contributed by atoms with Crippen molar-refractivity contribution in [3.05, 3.63) is 0 Å². The Kier molecular flexibility index (Phi) is 4.46. The highest BCUT2D eigenvalue weighted by atomic mass is 31.2. The van der Waals surface area contributed by atoms with Crippen LogP contribution in [0.4, 0.5) is 0 Å². The van der Waals surface area contributed by atoms with Crippen LogP contribution in [0.3, 0.4) is 0 Å². The topological polar surface area (TPSA) is 107 Å². The highest BCUT2D eigenvalue weighted by Gasteiger charge is 2.26. The summed E-state index contributed by atoms with van der Waals surface area (Å²) in [6.07, 6.45) is -0.243. The molecule has 1 saturated heterocycles. The molecule has 1 amide bonds. The van der Waals surface area contributed by atoms with Crippen LogP contribution in [-0.4, -0.2) is 64.0 Å². The van der Waals surface area contributed by atoms with E-state index in [9.17, 15) is 9.36 Å². The van der Waals surface area contributed by atoms with Crippen LogP contribution in [-0.2, 0) is 9.36 Å². The normalized spacial score (nSPS) is 20.9. The quantitative estimate of drug-likeness (QED) is 0.533. The molecule has 94 valence electrons. The van der Waals surface area contributed by atoms with Crippen LogP contribution in [0, 0.1) is 0 Å². The van der Waals surface area contributed by atoms with Crippen molar-refractivity contribution in [2.24, 2.45) is 5.73 Å². The maximum atomic E-state index is 11.5. The zero-order valence-corrected chi connectivity index (χ0v) is 10.1. The summed E-state index contributed by atoms with van der Waals surface area (Å²) in [7, 11) is -4.00. The Morgan fingerprint density at radius 3 is 2.25 bits per heavy atom. The first-order valence-electron chi connectivity index (χ1n) is 5.11. The zero-order valence-electron chi connectivity index (χ0n) is 9.24. The molecule has 0 spiro atoms. The first-order chi connectivity index (χ1) is 7.29. The van der Waals surface area contributed by atoms with E-state index < -0.39 is 13.6 Å². The van der Waals surface area contributed by atoms with Gasteiger partial charge in [-0.1, -0.05) is 0 Å². The van der Waals surface area contributed by atoms with Crippen LogP contribution in [0.5, 0.6) is 0 Å². The van der Waals surface area contributed by atoms with Gasteiger partial charge in [0.1, 0.15) is 6.29 Å². The van der Waals surface area contributed by atoms with Crippen molar-refractivity contribution in [2.45, 2.75) is 13.0 Å². The van der Waals surface area contributed by atoms with Crippen LogP contribution in [0.15, 0.2) is 0 Å². The van der Waals surface area contributed by atoms with Gasteiger partial charge in [0.05, 0.1) is 6.04 Å². The summed E-state index contributed by atoms with van der Waals surface area (Å²) in [5, 5.41) is 0. The second-order valence-electron chi connectivity index (χ2n) is 4.04. The Morgan fingerprint density at radius 2 is 1.88 bits per heavy atom. The number of hydrogen-bond acceptors (Lipinski definition) is 4. The van der Waals surface area contributed by atoms with Gasteiger partial charge in [-0.25, -0.2) is 0 Å². The first-order valence-corrected chi connectivity index (χ1v) is 6.90. The molecule has 16 heavy (non-hydrogen) atoms. The molecule has 1 atom stereocenters. The van der Waals surface area contributed by atoms with Gasteiger partial charge in [0.15, 0.2) is 0 Å². The lowest BCUT2D eigenvalue weighted by Gasteiger charge is -2.35. The number of nitrogens with two attached hydrogens (primary N) is 1. The first kappa shape index (κ1) is 13.6. The molecule has 7 nitrogen and oxygen atoms in total. The number of hydrogen-bond donors (Lipinski definition) is 3. The van der Waals surface area contributed by atoms with Crippen molar-refractivity contribution >= 4 is 13.5 Å². The van der Waals surface area contributed by atoms with E-state index in [0.717, 1.165) is 0 Å². The van der Waals surface area contributed by atoms with Gasteiger partial charge in [0.25, 0.3) is 0 Å². The van der Waals surface area contributed by atoms with Crippen molar-refractivity contribution in [1.82, 2.24) is 9.80 Å². The molecule has 0 unspecified atom stereocenters. The molecule has 1 heterocycles. The predicted octanol–water partition coefficient (Wildman–Crippen LogP) is -1.39. The summed E-state index contributed by atoms with van der Waals surface area (Å²) in [5.41, 5.74) is 5.47. The Balaban J connectivity index is 2.40. The lowest BCUT2D eigenvalue weighted by molar-refractivity contribution is -0.133. The summed E-state index contributed by atoms with van der Waals surface area (Å²) in [4.78, 5) is 32.4. The third-order valence-electron chi connectivity index (χ3n) is 2.46. The van der Waals surface area contributed by atoms with Crippen LogP contribution in [0.2, 0.25) is 0 Å². The highest BCUT2D eigenvalue weighted by molar-refractivity contribution is 7.51. The minimum Gasteiger partial charge on any atom is -0.339 e. The number of amides is 1. The Hall–Kier alpha value is -0.460. The molecule has 0 saturated carbocycles.